The number of rotatable bonds is 2. The molecule has 0 saturated carbocycles. The molecule has 0 unspecified atom stereocenters. The molecule has 1 heteroatoms. The quantitative estimate of drug-likeness (QED) is 0.470. The summed E-state index contributed by atoms with van der Waals surface area (Å²) >= 11 is 0. The molecule has 0 heterocycles. The molecular formula is C5H12P. The Balaban J connectivity index is 2.75. The molecule has 0 N–H and O–H groups in total. The highest BCUT2D eigenvalue weighted by molar-refractivity contribution is 7.58. The molecule has 0 aliphatic rings. The molecule has 0 bridgehead atoms. The summed E-state index contributed by atoms with van der Waals surface area (Å²) in [7, 11) is 0.174. The lowest BCUT2D eigenvalue weighted by Crippen LogP contribution is -1.72. The summed E-state index contributed by atoms with van der Waals surface area (Å²) in [4.78, 5) is 0. The fraction of sp³-hybridized carbons (Fsp3) is 0.800. The Bertz CT molecular complexity index is 23.1. The SMILES string of the molecule is [CH2]P(CC)CC. The van der Waals surface area contributed by atoms with Gasteiger partial charge in [0.15, 0.2) is 0 Å². The van der Waals surface area contributed by atoms with Gasteiger partial charge in [0.05, 0.1) is 0 Å². The van der Waals surface area contributed by atoms with Crippen molar-refractivity contribution in [1.82, 2.24) is 0 Å². The minimum absolute atomic E-state index is 0.174. The maximum Gasteiger partial charge on any atom is -0.0287 e. The van der Waals surface area contributed by atoms with Gasteiger partial charge in [-0.25, -0.2) is 0 Å². The second-order valence-corrected chi connectivity index (χ2v) is 3.91. The zero-order valence-electron chi connectivity index (χ0n) is 4.57. The Morgan fingerprint density at radius 2 is 1.67 bits per heavy atom. The first-order chi connectivity index (χ1) is 2.81. The normalized spacial score (nSPS) is 10.0. The molecule has 0 amide bonds. The van der Waals surface area contributed by atoms with Gasteiger partial charge in [0.25, 0.3) is 0 Å². The molecule has 0 saturated heterocycles. The molecule has 0 atom stereocenters. The van der Waals surface area contributed by atoms with Crippen LogP contribution in [0.3, 0.4) is 0 Å². The van der Waals surface area contributed by atoms with E-state index in [4.69, 9.17) is 0 Å². The van der Waals surface area contributed by atoms with Gasteiger partial charge < -0.3 is 0 Å². The lowest BCUT2D eigenvalue weighted by Gasteiger charge is -2.00. The van der Waals surface area contributed by atoms with Crippen LogP contribution in [0.5, 0.6) is 0 Å². The van der Waals surface area contributed by atoms with E-state index in [2.05, 4.69) is 20.5 Å². The van der Waals surface area contributed by atoms with Crippen LogP contribution >= 0.6 is 7.92 Å². The average Bonchev–Trinajstić information content (AvgIpc) is 1.65. The van der Waals surface area contributed by atoms with Crippen molar-refractivity contribution in [2.45, 2.75) is 13.8 Å². The molecule has 0 aliphatic carbocycles. The van der Waals surface area contributed by atoms with Crippen LogP contribution in [0.15, 0.2) is 0 Å². The highest BCUT2D eigenvalue weighted by atomic mass is 31.1. The van der Waals surface area contributed by atoms with Gasteiger partial charge in [-0.15, -0.1) is 7.92 Å². The fourth-order valence-corrected chi connectivity index (χ4v) is 0.671. The van der Waals surface area contributed by atoms with Crippen molar-refractivity contribution >= 4 is 7.92 Å². The molecule has 6 heavy (non-hydrogen) atoms. The van der Waals surface area contributed by atoms with E-state index in [0.29, 0.717) is 0 Å². The first kappa shape index (κ1) is 6.43. The Hall–Kier alpha value is 0.430. The predicted molar refractivity (Wildman–Crippen MR) is 33.4 cm³/mol. The summed E-state index contributed by atoms with van der Waals surface area (Å²) in [5.74, 6) is 0. The molecule has 0 rings (SSSR count). The summed E-state index contributed by atoms with van der Waals surface area (Å²) in [6.45, 7) is 8.33. The summed E-state index contributed by atoms with van der Waals surface area (Å²) in [6.07, 6.45) is 2.57. The molecule has 0 aliphatic heterocycles. The van der Waals surface area contributed by atoms with Gasteiger partial charge in [-0.3, -0.25) is 0 Å². The molecular weight excluding hydrogens is 91.0 g/mol. The van der Waals surface area contributed by atoms with Crippen molar-refractivity contribution < 1.29 is 0 Å². The van der Waals surface area contributed by atoms with Crippen molar-refractivity contribution in [3.8, 4) is 0 Å². The molecule has 0 aromatic carbocycles. The lowest BCUT2D eigenvalue weighted by atomic mass is 11.0. The summed E-state index contributed by atoms with van der Waals surface area (Å²) in [5, 5.41) is 0. The van der Waals surface area contributed by atoms with E-state index in [9.17, 15) is 0 Å². The Labute approximate surface area is 41.7 Å². The van der Waals surface area contributed by atoms with Crippen molar-refractivity contribution in [2.24, 2.45) is 0 Å². The summed E-state index contributed by atoms with van der Waals surface area (Å²) in [6, 6.07) is 0. The first-order valence-corrected chi connectivity index (χ1v) is 4.26. The van der Waals surface area contributed by atoms with Gasteiger partial charge in [-0.05, 0) is 19.0 Å². The van der Waals surface area contributed by atoms with Gasteiger partial charge in [0, 0.05) is 0 Å². The van der Waals surface area contributed by atoms with Crippen LogP contribution < -0.4 is 0 Å². The highest BCUT2D eigenvalue weighted by Gasteiger charge is 1.87. The lowest BCUT2D eigenvalue weighted by molar-refractivity contribution is 1.42. The zero-order valence-corrected chi connectivity index (χ0v) is 5.46. The third-order valence-electron chi connectivity index (χ3n) is 0.894. The van der Waals surface area contributed by atoms with E-state index < -0.39 is 0 Å². The van der Waals surface area contributed by atoms with Crippen LogP contribution in [0, 0.1) is 6.66 Å². The number of hydrogen-bond acceptors (Lipinski definition) is 0. The van der Waals surface area contributed by atoms with E-state index in [0.717, 1.165) is 0 Å². The van der Waals surface area contributed by atoms with Gasteiger partial charge in [0.1, 0.15) is 0 Å². The molecule has 0 aromatic heterocycles. The Morgan fingerprint density at radius 3 is 1.67 bits per heavy atom. The second kappa shape index (κ2) is 3.61. The predicted octanol–water partition coefficient (Wildman–Crippen LogP) is 2.30. The Kier molecular flexibility index (Phi) is 3.87. The van der Waals surface area contributed by atoms with Crippen LogP contribution in [0.2, 0.25) is 0 Å². The number of hydrogen-bond donors (Lipinski definition) is 0. The van der Waals surface area contributed by atoms with E-state index in [1.807, 2.05) is 0 Å². The third-order valence-corrected chi connectivity index (χ3v) is 2.68. The van der Waals surface area contributed by atoms with Crippen LogP contribution in [-0.2, 0) is 0 Å². The minimum Gasteiger partial charge on any atom is -0.107 e. The van der Waals surface area contributed by atoms with Crippen LogP contribution in [0.4, 0.5) is 0 Å². The van der Waals surface area contributed by atoms with Crippen molar-refractivity contribution in [1.29, 1.82) is 0 Å². The van der Waals surface area contributed by atoms with E-state index in [-0.39, 0.29) is 7.92 Å². The van der Waals surface area contributed by atoms with E-state index in [1.54, 1.807) is 0 Å². The fourth-order valence-electron chi connectivity index (χ4n) is 0.224. The zero-order chi connectivity index (χ0) is 4.99. The smallest absolute Gasteiger partial charge is 0.0287 e. The van der Waals surface area contributed by atoms with Gasteiger partial charge in [0.2, 0.25) is 0 Å². The van der Waals surface area contributed by atoms with Crippen molar-refractivity contribution in [3.05, 3.63) is 6.66 Å². The van der Waals surface area contributed by atoms with E-state index in [1.165, 1.54) is 12.3 Å². The monoisotopic (exact) mass is 103 g/mol. The molecule has 0 fully saturated rings. The van der Waals surface area contributed by atoms with Crippen molar-refractivity contribution in [3.63, 3.8) is 0 Å². The molecule has 1 radical (unpaired) electrons. The van der Waals surface area contributed by atoms with Gasteiger partial charge in [-0.2, -0.15) is 0 Å². The standard InChI is InChI=1S/C5H12P/c1-4-6(3)5-2/h3-5H2,1-2H3. The topological polar surface area (TPSA) is 0 Å². The Morgan fingerprint density at radius 1 is 1.33 bits per heavy atom. The molecule has 0 spiro atoms. The summed E-state index contributed by atoms with van der Waals surface area (Å²) in [5.41, 5.74) is 0. The van der Waals surface area contributed by atoms with E-state index >= 15 is 0 Å². The second-order valence-electron chi connectivity index (χ2n) is 1.30. The average molecular weight is 103 g/mol. The van der Waals surface area contributed by atoms with Crippen LogP contribution in [0.25, 0.3) is 0 Å². The van der Waals surface area contributed by atoms with Gasteiger partial charge >= 0.3 is 0 Å². The van der Waals surface area contributed by atoms with Crippen LogP contribution in [0.1, 0.15) is 13.8 Å². The maximum absolute atomic E-state index is 3.94. The van der Waals surface area contributed by atoms with Crippen molar-refractivity contribution in [2.75, 3.05) is 12.3 Å². The van der Waals surface area contributed by atoms with Crippen LogP contribution in [-0.4, -0.2) is 12.3 Å². The molecule has 37 valence electrons. The molecule has 0 nitrogen and oxygen atoms in total. The highest BCUT2D eigenvalue weighted by Crippen LogP contribution is 2.30. The first-order valence-electron chi connectivity index (χ1n) is 2.36. The largest absolute Gasteiger partial charge is 0.107 e. The van der Waals surface area contributed by atoms with Gasteiger partial charge in [-0.1, -0.05) is 13.8 Å². The third kappa shape index (κ3) is 2.66. The minimum atomic E-state index is 0.174. The summed E-state index contributed by atoms with van der Waals surface area (Å²) < 4.78 is 0. The maximum atomic E-state index is 3.94. The molecule has 0 aromatic rings.